The van der Waals surface area contributed by atoms with E-state index in [1.165, 1.54) is 13.8 Å². The molecule has 0 aromatic heterocycles. The number of carboxylic acid groups (broad SMARTS) is 1. The number of hydrogen-bond donors (Lipinski definition) is 2. The van der Waals surface area contributed by atoms with Gasteiger partial charge < -0.3 is 10.4 Å². The predicted molar refractivity (Wildman–Crippen MR) is 70.5 cm³/mol. The summed E-state index contributed by atoms with van der Waals surface area (Å²) in [6.07, 6.45) is 6.39. The zero-order valence-electron chi connectivity index (χ0n) is 11.5. The molecule has 108 valence electrons. The standard InChI is InChI=1S/C14H22FNO3/c1-10(2)14(15,13(18)19)9-16-12(17)8-11-6-4-3-5-7-11/h6,10H,3-5,7-9H2,1-2H3,(H,16,17)(H,18,19). The van der Waals surface area contributed by atoms with Crippen LogP contribution in [-0.4, -0.2) is 29.2 Å². The van der Waals surface area contributed by atoms with Gasteiger partial charge in [0.05, 0.1) is 6.54 Å². The summed E-state index contributed by atoms with van der Waals surface area (Å²) in [4.78, 5) is 22.6. The van der Waals surface area contributed by atoms with Gasteiger partial charge in [0.25, 0.3) is 0 Å². The van der Waals surface area contributed by atoms with Crippen LogP contribution < -0.4 is 5.32 Å². The summed E-state index contributed by atoms with van der Waals surface area (Å²) in [6, 6.07) is 0. The molecule has 0 bridgehead atoms. The van der Waals surface area contributed by atoms with Gasteiger partial charge in [-0.2, -0.15) is 0 Å². The Balaban J connectivity index is 2.48. The SMILES string of the molecule is CC(C)C(F)(CNC(=O)CC1=CCCCC1)C(=O)O. The van der Waals surface area contributed by atoms with Gasteiger partial charge in [0.2, 0.25) is 11.6 Å². The average molecular weight is 271 g/mol. The number of aliphatic carboxylic acids is 1. The number of alkyl halides is 1. The number of rotatable bonds is 6. The minimum Gasteiger partial charge on any atom is -0.479 e. The van der Waals surface area contributed by atoms with E-state index in [0.29, 0.717) is 0 Å². The van der Waals surface area contributed by atoms with E-state index in [1.54, 1.807) is 0 Å². The summed E-state index contributed by atoms with van der Waals surface area (Å²) in [7, 11) is 0. The normalized spacial score (nSPS) is 18.6. The first-order chi connectivity index (χ1) is 8.86. The van der Waals surface area contributed by atoms with Crippen molar-refractivity contribution in [1.82, 2.24) is 5.32 Å². The lowest BCUT2D eigenvalue weighted by Gasteiger charge is -2.25. The molecule has 2 N–H and O–H groups in total. The van der Waals surface area contributed by atoms with E-state index in [4.69, 9.17) is 5.11 Å². The third-order valence-corrected chi connectivity index (χ3v) is 3.59. The molecule has 1 aliphatic carbocycles. The molecule has 19 heavy (non-hydrogen) atoms. The second kappa shape index (κ2) is 6.68. The molecule has 4 nitrogen and oxygen atoms in total. The first-order valence-corrected chi connectivity index (χ1v) is 6.73. The maximum Gasteiger partial charge on any atom is 0.343 e. The molecule has 0 fully saturated rings. The molecule has 1 aliphatic rings. The van der Waals surface area contributed by atoms with Gasteiger partial charge in [-0.1, -0.05) is 25.5 Å². The number of carbonyl (C=O) groups is 2. The third kappa shape index (κ3) is 4.33. The molecule has 0 aliphatic heterocycles. The van der Waals surface area contributed by atoms with Crippen LogP contribution in [0.15, 0.2) is 11.6 Å². The second-order valence-corrected chi connectivity index (χ2v) is 5.38. The van der Waals surface area contributed by atoms with E-state index in [2.05, 4.69) is 5.32 Å². The zero-order valence-corrected chi connectivity index (χ0v) is 11.5. The van der Waals surface area contributed by atoms with Crippen molar-refractivity contribution >= 4 is 11.9 Å². The van der Waals surface area contributed by atoms with Crippen molar-refractivity contribution in [3.63, 3.8) is 0 Å². The van der Waals surface area contributed by atoms with Gasteiger partial charge in [-0.3, -0.25) is 4.79 Å². The Morgan fingerprint density at radius 2 is 2.16 bits per heavy atom. The Morgan fingerprint density at radius 1 is 1.47 bits per heavy atom. The van der Waals surface area contributed by atoms with Crippen molar-refractivity contribution in [2.45, 2.75) is 51.6 Å². The Kier molecular flexibility index (Phi) is 5.51. The predicted octanol–water partition coefficient (Wildman–Crippen LogP) is 2.44. The Hall–Kier alpha value is -1.39. The lowest BCUT2D eigenvalue weighted by Crippen LogP contribution is -2.49. The number of halogens is 1. The molecule has 0 aromatic carbocycles. The van der Waals surface area contributed by atoms with E-state index in [1.807, 2.05) is 6.08 Å². The zero-order chi connectivity index (χ0) is 14.5. The summed E-state index contributed by atoms with van der Waals surface area (Å²) in [5, 5.41) is 11.3. The number of carboxylic acids is 1. The topological polar surface area (TPSA) is 66.4 Å². The molecule has 1 amide bonds. The number of hydrogen-bond acceptors (Lipinski definition) is 2. The summed E-state index contributed by atoms with van der Waals surface area (Å²) >= 11 is 0. The molecule has 1 atom stereocenters. The fourth-order valence-electron chi connectivity index (χ4n) is 2.09. The Labute approximate surface area is 113 Å². The minimum atomic E-state index is -2.41. The molecule has 0 saturated heterocycles. The first-order valence-electron chi connectivity index (χ1n) is 6.73. The molecule has 1 unspecified atom stereocenters. The van der Waals surface area contributed by atoms with Crippen LogP contribution in [0.4, 0.5) is 4.39 Å². The smallest absolute Gasteiger partial charge is 0.343 e. The molecule has 0 spiro atoms. The second-order valence-electron chi connectivity index (χ2n) is 5.38. The van der Waals surface area contributed by atoms with Crippen molar-refractivity contribution in [3.05, 3.63) is 11.6 Å². The molecule has 0 heterocycles. The fraction of sp³-hybridized carbons (Fsp3) is 0.714. The van der Waals surface area contributed by atoms with Gasteiger partial charge in [0, 0.05) is 12.3 Å². The van der Waals surface area contributed by atoms with E-state index < -0.39 is 24.1 Å². The summed E-state index contributed by atoms with van der Waals surface area (Å²) in [6.45, 7) is 2.50. The van der Waals surface area contributed by atoms with E-state index in [9.17, 15) is 14.0 Å². The Bertz CT molecular complexity index is 379. The van der Waals surface area contributed by atoms with Crippen LogP contribution in [0.5, 0.6) is 0 Å². The van der Waals surface area contributed by atoms with Gasteiger partial charge >= 0.3 is 5.97 Å². The highest BCUT2D eigenvalue weighted by atomic mass is 19.1. The Morgan fingerprint density at radius 3 is 2.63 bits per heavy atom. The van der Waals surface area contributed by atoms with Gasteiger partial charge in [0.15, 0.2) is 0 Å². The largest absolute Gasteiger partial charge is 0.479 e. The number of nitrogens with one attached hydrogen (secondary N) is 1. The van der Waals surface area contributed by atoms with Gasteiger partial charge in [-0.25, -0.2) is 9.18 Å². The van der Waals surface area contributed by atoms with Crippen LogP contribution in [0.25, 0.3) is 0 Å². The van der Waals surface area contributed by atoms with Crippen LogP contribution in [0, 0.1) is 5.92 Å². The summed E-state index contributed by atoms with van der Waals surface area (Å²) in [5.74, 6) is -2.53. The number of carbonyl (C=O) groups excluding carboxylic acids is 1. The lowest BCUT2D eigenvalue weighted by molar-refractivity contribution is -0.154. The molecule has 0 radical (unpaired) electrons. The van der Waals surface area contributed by atoms with Crippen molar-refractivity contribution in [3.8, 4) is 0 Å². The highest BCUT2D eigenvalue weighted by Gasteiger charge is 2.42. The average Bonchev–Trinajstić information content (AvgIpc) is 2.36. The van der Waals surface area contributed by atoms with E-state index >= 15 is 0 Å². The van der Waals surface area contributed by atoms with Crippen LogP contribution in [0.1, 0.15) is 46.0 Å². The molecule has 0 aromatic rings. The van der Waals surface area contributed by atoms with E-state index in [0.717, 1.165) is 31.3 Å². The van der Waals surface area contributed by atoms with Crippen LogP contribution >= 0.6 is 0 Å². The van der Waals surface area contributed by atoms with Crippen LogP contribution in [0.3, 0.4) is 0 Å². The number of amides is 1. The quantitative estimate of drug-likeness (QED) is 0.729. The van der Waals surface area contributed by atoms with Crippen molar-refractivity contribution < 1.29 is 19.1 Å². The molecule has 0 saturated carbocycles. The van der Waals surface area contributed by atoms with Crippen LogP contribution in [0.2, 0.25) is 0 Å². The minimum absolute atomic E-state index is 0.244. The summed E-state index contributed by atoms with van der Waals surface area (Å²) < 4.78 is 14.1. The van der Waals surface area contributed by atoms with Crippen LogP contribution in [-0.2, 0) is 9.59 Å². The lowest BCUT2D eigenvalue weighted by atomic mass is 9.92. The third-order valence-electron chi connectivity index (χ3n) is 3.59. The summed E-state index contributed by atoms with van der Waals surface area (Å²) in [5.41, 5.74) is -1.34. The monoisotopic (exact) mass is 271 g/mol. The number of allylic oxidation sites excluding steroid dienone is 1. The van der Waals surface area contributed by atoms with Crippen molar-refractivity contribution in [2.24, 2.45) is 5.92 Å². The maximum atomic E-state index is 14.1. The van der Waals surface area contributed by atoms with Gasteiger partial charge in [-0.05, 0) is 25.7 Å². The van der Waals surface area contributed by atoms with Crippen molar-refractivity contribution in [1.29, 1.82) is 0 Å². The fourth-order valence-corrected chi connectivity index (χ4v) is 2.09. The first kappa shape index (κ1) is 15.7. The molecular formula is C14H22FNO3. The van der Waals surface area contributed by atoms with Gasteiger partial charge in [0.1, 0.15) is 0 Å². The molecular weight excluding hydrogens is 249 g/mol. The van der Waals surface area contributed by atoms with Crippen molar-refractivity contribution in [2.75, 3.05) is 6.54 Å². The van der Waals surface area contributed by atoms with Gasteiger partial charge in [-0.15, -0.1) is 0 Å². The maximum absolute atomic E-state index is 14.1. The highest BCUT2D eigenvalue weighted by molar-refractivity contribution is 5.82. The highest BCUT2D eigenvalue weighted by Crippen LogP contribution is 2.23. The molecule has 1 rings (SSSR count). The van der Waals surface area contributed by atoms with E-state index in [-0.39, 0.29) is 12.3 Å². The molecule has 5 heteroatoms.